The highest BCUT2D eigenvalue weighted by Crippen LogP contribution is 2.46. The van der Waals surface area contributed by atoms with Gasteiger partial charge in [-0.05, 0) is 48.5 Å². The van der Waals surface area contributed by atoms with Gasteiger partial charge in [0.1, 0.15) is 29.1 Å². The third-order valence-corrected chi connectivity index (χ3v) is 6.80. The minimum atomic E-state index is -1.02. The maximum Gasteiger partial charge on any atom is 0.301 e. The molecular formula is C26H19FN2O5S. The van der Waals surface area contributed by atoms with Crippen LogP contribution in [0.4, 0.5) is 9.52 Å². The van der Waals surface area contributed by atoms with Gasteiger partial charge >= 0.3 is 5.91 Å². The molecule has 1 amide bonds. The maximum absolute atomic E-state index is 13.8. The molecule has 1 atom stereocenters. The molecule has 7 nitrogen and oxygen atoms in total. The van der Waals surface area contributed by atoms with Crippen LogP contribution in [0, 0.1) is 5.82 Å². The van der Waals surface area contributed by atoms with E-state index < -0.39 is 23.5 Å². The number of aliphatic hydroxyl groups excluding tert-OH is 1. The number of carbonyl (C=O) groups is 2. The standard InChI is InChI=1S/C26H19FN2O5S/c1-33-16-10-7-14(8-11-16)23(30)21-22(17-5-3-4-6-19(17)34-2)29(25(32)24(21)31)26-28-18-12-9-15(27)13-20(18)35-26/h3-13,22,30H,1-2H3/b23-21+/t22-/m1/s1. The van der Waals surface area contributed by atoms with Gasteiger partial charge in [0, 0.05) is 11.1 Å². The van der Waals surface area contributed by atoms with Gasteiger partial charge in [0.05, 0.1) is 30.0 Å². The van der Waals surface area contributed by atoms with E-state index in [0.29, 0.717) is 32.8 Å². The summed E-state index contributed by atoms with van der Waals surface area (Å²) in [6.07, 6.45) is 0. The highest BCUT2D eigenvalue weighted by molar-refractivity contribution is 7.22. The van der Waals surface area contributed by atoms with Crippen LogP contribution in [0.25, 0.3) is 16.0 Å². The van der Waals surface area contributed by atoms with Crippen molar-refractivity contribution in [2.45, 2.75) is 6.04 Å². The highest BCUT2D eigenvalue weighted by Gasteiger charge is 2.49. The second-order valence-corrected chi connectivity index (χ2v) is 8.76. The minimum Gasteiger partial charge on any atom is -0.507 e. The molecule has 3 aromatic carbocycles. The average molecular weight is 491 g/mol. The molecule has 1 aliphatic rings. The molecule has 35 heavy (non-hydrogen) atoms. The van der Waals surface area contributed by atoms with Gasteiger partial charge in [-0.15, -0.1) is 0 Å². The first-order valence-corrected chi connectivity index (χ1v) is 11.4. The third kappa shape index (κ3) is 3.79. The summed E-state index contributed by atoms with van der Waals surface area (Å²) in [4.78, 5) is 32.4. The van der Waals surface area contributed by atoms with Gasteiger partial charge in [0.25, 0.3) is 5.78 Å². The maximum atomic E-state index is 13.8. The van der Waals surface area contributed by atoms with Crippen molar-refractivity contribution in [3.63, 3.8) is 0 Å². The number of amides is 1. The number of fused-ring (bicyclic) bond motifs is 1. The number of carbonyl (C=O) groups excluding carboxylic acids is 2. The van der Waals surface area contributed by atoms with E-state index in [-0.39, 0.29) is 16.5 Å². The number of aromatic nitrogens is 1. The van der Waals surface area contributed by atoms with Gasteiger partial charge in [0.15, 0.2) is 5.13 Å². The zero-order valence-electron chi connectivity index (χ0n) is 18.7. The number of nitrogens with zero attached hydrogens (tertiary/aromatic N) is 2. The van der Waals surface area contributed by atoms with E-state index in [1.807, 2.05) is 0 Å². The Morgan fingerprint density at radius 2 is 1.77 bits per heavy atom. The second kappa shape index (κ2) is 8.84. The minimum absolute atomic E-state index is 0.102. The van der Waals surface area contributed by atoms with E-state index >= 15 is 0 Å². The van der Waals surface area contributed by atoms with Gasteiger partial charge < -0.3 is 14.6 Å². The van der Waals surface area contributed by atoms with Gasteiger partial charge in [-0.1, -0.05) is 29.5 Å². The number of ketones is 1. The van der Waals surface area contributed by atoms with E-state index in [2.05, 4.69) is 4.98 Å². The topological polar surface area (TPSA) is 89.0 Å². The Morgan fingerprint density at radius 3 is 2.49 bits per heavy atom. The lowest BCUT2D eigenvalue weighted by Gasteiger charge is -2.24. The quantitative estimate of drug-likeness (QED) is 0.239. The number of thiazole rings is 1. The average Bonchev–Trinajstić information content (AvgIpc) is 3.41. The Kier molecular flexibility index (Phi) is 5.70. The summed E-state index contributed by atoms with van der Waals surface area (Å²) in [5, 5.41) is 11.4. The number of ether oxygens (including phenoxy) is 2. The first-order valence-electron chi connectivity index (χ1n) is 10.6. The number of hydrogen-bond donors (Lipinski definition) is 1. The lowest BCUT2D eigenvalue weighted by atomic mass is 9.94. The number of methoxy groups -OCH3 is 2. The summed E-state index contributed by atoms with van der Waals surface area (Å²) < 4.78 is 25.0. The Bertz CT molecular complexity index is 1500. The molecule has 1 saturated heterocycles. The molecule has 1 aromatic heterocycles. The molecule has 5 rings (SSSR count). The number of rotatable bonds is 5. The fraction of sp³-hybridized carbons (Fsp3) is 0.115. The molecule has 4 aromatic rings. The van der Waals surface area contributed by atoms with Crippen LogP contribution in [0.5, 0.6) is 11.5 Å². The molecule has 0 spiro atoms. The van der Waals surface area contributed by atoms with Gasteiger partial charge in [-0.25, -0.2) is 9.37 Å². The molecule has 1 fully saturated rings. The number of Topliss-reactive ketones (excluding diaryl/α,β-unsaturated/α-hetero) is 1. The Morgan fingerprint density at radius 1 is 1.03 bits per heavy atom. The molecule has 1 aliphatic heterocycles. The number of hydrogen-bond acceptors (Lipinski definition) is 7. The van der Waals surface area contributed by atoms with Crippen LogP contribution in [0.2, 0.25) is 0 Å². The van der Waals surface area contributed by atoms with Crippen LogP contribution in [0.3, 0.4) is 0 Å². The van der Waals surface area contributed by atoms with Gasteiger partial charge in [0.2, 0.25) is 0 Å². The highest BCUT2D eigenvalue weighted by atomic mass is 32.1. The van der Waals surface area contributed by atoms with Crippen LogP contribution in [0.15, 0.2) is 72.3 Å². The lowest BCUT2D eigenvalue weighted by Crippen LogP contribution is -2.29. The Balaban J connectivity index is 1.74. The van der Waals surface area contributed by atoms with Crippen molar-refractivity contribution in [3.05, 3.63) is 89.2 Å². The van der Waals surface area contributed by atoms with Crippen molar-refractivity contribution >= 4 is 44.1 Å². The smallest absolute Gasteiger partial charge is 0.301 e. The van der Waals surface area contributed by atoms with Crippen LogP contribution in [-0.2, 0) is 9.59 Å². The molecule has 0 aliphatic carbocycles. The summed E-state index contributed by atoms with van der Waals surface area (Å²) in [5.41, 5.74) is 1.22. The summed E-state index contributed by atoms with van der Waals surface area (Å²) in [5.74, 6) is -1.48. The molecule has 0 radical (unpaired) electrons. The fourth-order valence-corrected chi connectivity index (χ4v) is 5.13. The first kappa shape index (κ1) is 22.5. The fourth-order valence-electron chi connectivity index (χ4n) is 4.11. The van der Waals surface area contributed by atoms with Gasteiger partial charge in [-0.3, -0.25) is 14.5 Å². The van der Waals surface area contributed by atoms with E-state index in [1.165, 1.54) is 37.3 Å². The number of para-hydroxylation sites is 1. The molecule has 0 saturated carbocycles. The molecule has 1 N–H and O–H groups in total. The largest absolute Gasteiger partial charge is 0.507 e. The summed E-state index contributed by atoms with van der Waals surface area (Å²) >= 11 is 1.08. The van der Waals surface area contributed by atoms with E-state index in [0.717, 1.165) is 11.3 Å². The number of benzene rings is 3. The van der Waals surface area contributed by atoms with Crippen molar-refractivity contribution in [3.8, 4) is 11.5 Å². The van der Waals surface area contributed by atoms with Gasteiger partial charge in [-0.2, -0.15) is 0 Å². The zero-order valence-corrected chi connectivity index (χ0v) is 19.5. The van der Waals surface area contributed by atoms with Crippen molar-refractivity contribution < 1.29 is 28.6 Å². The van der Waals surface area contributed by atoms with Crippen molar-refractivity contribution in [2.24, 2.45) is 0 Å². The monoisotopic (exact) mass is 490 g/mol. The molecular weight excluding hydrogens is 471 g/mol. The molecule has 176 valence electrons. The molecule has 9 heteroatoms. The molecule has 0 bridgehead atoms. The molecule has 2 heterocycles. The number of halogens is 1. The zero-order chi connectivity index (χ0) is 24.7. The lowest BCUT2D eigenvalue weighted by molar-refractivity contribution is -0.132. The predicted octanol–water partition coefficient (Wildman–Crippen LogP) is 5.08. The summed E-state index contributed by atoms with van der Waals surface area (Å²) in [7, 11) is 3.00. The third-order valence-electron chi connectivity index (χ3n) is 5.79. The van der Waals surface area contributed by atoms with E-state index in [4.69, 9.17) is 9.47 Å². The molecule has 0 unspecified atom stereocenters. The first-order chi connectivity index (χ1) is 16.9. The second-order valence-electron chi connectivity index (χ2n) is 7.75. The Labute approximate surface area is 203 Å². The van der Waals surface area contributed by atoms with E-state index in [9.17, 15) is 19.1 Å². The number of anilines is 1. The van der Waals surface area contributed by atoms with Crippen molar-refractivity contribution in [1.82, 2.24) is 4.98 Å². The van der Waals surface area contributed by atoms with Crippen molar-refractivity contribution in [2.75, 3.05) is 19.1 Å². The summed E-state index contributed by atoms with van der Waals surface area (Å²) in [6.45, 7) is 0. The van der Waals surface area contributed by atoms with Crippen LogP contribution < -0.4 is 14.4 Å². The van der Waals surface area contributed by atoms with Crippen LogP contribution in [0.1, 0.15) is 17.2 Å². The van der Waals surface area contributed by atoms with E-state index in [1.54, 1.807) is 48.5 Å². The normalized spacial score (nSPS) is 17.2. The Hall–Kier alpha value is -4.24. The number of aliphatic hydroxyl groups is 1. The predicted molar refractivity (Wildman–Crippen MR) is 130 cm³/mol. The van der Waals surface area contributed by atoms with Crippen LogP contribution in [-0.4, -0.2) is 36.0 Å². The van der Waals surface area contributed by atoms with Crippen molar-refractivity contribution in [1.29, 1.82) is 0 Å². The summed E-state index contributed by atoms with van der Waals surface area (Å²) in [6, 6.07) is 16.5. The van der Waals surface area contributed by atoms with Crippen LogP contribution >= 0.6 is 11.3 Å². The SMILES string of the molecule is COc1ccc(/C(O)=C2\C(=O)C(=O)N(c3nc4ccc(F)cc4s3)[C@@H]2c2ccccc2OC)cc1.